The molecular formula is C14H17NO2S2. The quantitative estimate of drug-likeness (QED) is 0.888. The van der Waals surface area contributed by atoms with Gasteiger partial charge in [-0.1, -0.05) is 13.8 Å². The summed E-state index contributed by atoms with van der Waals surface area (Å²) in [4.78, 5) is 12.8. The number of aliphatic hydroxyl groups excluding tert-OH is 1. The van der Waals surface area contributed by atoms with Crippen LogP contribution in [-0.2, 0) is 0 Å². The summed E-state index contributed by atoms with van der Waals surface area (Å²) in [5.74, 6) is 0.224. The van der Waals surface area contributed by atoms with Gasteiger partial charge in [0.2, 0.25) is 0 Å². The van der Waals surface area contributed by atoms with Gasteiger partial charge in [0.15, 0.2) is 0 Å². The van der Waals surface area contributed by atoms with Gasteiger partial charge in [0.25, 0.3) is 5.91 Å². The molecule has 0 saturated heterocycles. The number of rotatable bonds is 5. The lowest BCUT2D eigenvalue weighted by molar-refractivity contribution is 0.0919. The van der Waals surface area contributed by atoms with Crippen LogP contribution in [0.5, 0.6) is 0 Å². The first-order valence-corrected chi connectivity index (χ1v) is 7.97. The minimum atomic E-state index is -0.641. The van der Waals surface area contributed by atoms with E-state index < -0.39 is 6.10 Å². The monoisotopic (exact) mass is 295 g/mol. The van der Waals surface area contributed by atoms with Gasteiger partial charge in [-0.2, -0.15) is 11.3 Å². The molecule has 102 valence electrons. The van der Waals surface area contributed by atoms with E-state index in [1.54, 1.807) is 0 Å². The zero-order valence-corrected chi connectivity index (χ0v) is 12.6. The van der Waals surface area contributed by atoms with Gasteiger partial charge in [-0.15, -0.1) is 11.3 Å². The number of thiophene rings is 2. The fraction of sp³-hybridized carbons (Fsp3) is 0.357. The second-order valence-corrected chi connectivity index (χ2v) is 6.34. The third-order valence-electron chi connectivity index (χ3n) is 2.91. The Hall–Kier alpha value is -1.17. The molecule has 2 rings (SSSR count). The fourth-order valence-corrected chi connectivity index (χ4v) is 3.49. The molecule has 0 radical (unpaired) electrons. The number of carbonyl (C=O) groups excluding carboxylic acids is 1. The highest BCUT2D eigenvalue weighted by atomic mass is 32.1. The second kappa shape index (κ2) is 6.32. The molecular weight excluding hydrogens is 278 g/mol. The molecule has 0 saturated carbocycles. The van der Waals surface area contributed by atoms with E-state index >= 15 is 0 Å². The van der Waals surface area contributed by atoms with Crippen molar-refractivity contribution in [1.82, 2.24) is 5.32 Å². The van der Waals surface area contributed by atoms with Crippen molar-refractivity contribution in [3.8, 4) is 0 Å². The molecule has 0 fully saturated rings. The summed E-state index contributed by atoms with van der Waals surface area (Å²) in [5, 5.41) is 18.5. The molecule has 0 aliphatic heterocycles. The molecule has 3 nitrogen and oxygen atoms in total. The van der Waals surface area contributed by atoms with Crippen LogP contribution in [0.2, 0.25) is 0 Å². The van der Waals surface area contributed by atoms with Gasteiger partial charge in [-0.3, -0.25) is 4.79 Å². The number of carbonyl (C=O) groups is 1. The van der Waals surface area contributed by atoms with Gasteiger partial charge in [0, 0.05) is 6.54 Å². The molecule has 1 atom stereocenters. The third-order valence-corrected chi connectivity index (χ3v) is 4.54. The van der Waals surface area contributed by atoms with Crippen LogP contribution in [0.4, 0.5) is 0 Å². The molecule has 0 aliphatic carbocycles. The summed E-state index contributed by atoms with van der Waals surface area (Å²) in [5.41, 5.74) is 1.91. The van der Waals surface area contributed by atoms with Crippen molar-refractivity contribution in [3.05, 3.63) is 44.3 Å². The summed E-state index contributed by atoms with van der Waals surface area (Å²) < 4.78 is 0. The Morgan fingerprint density at radius 1 is 1.37 bits per heavy atom. The molecule has 2 N–H and O–H groups in total. The Morgan fingerprint density at radius 2 is 2.16 bits per heavy atom. The second-order valence-electron chi connectivity index (χ2n) is 4.64. The van der Waals surface area contributed by atoms with Crippen LogP contribution in [0.15, 0.2) is 28.3 Å². The van der Waals surface area contributed by atoms with Crippen molar-refractivity contribution in [2.24, 2.45) is 0 Å². The minimum absolute atomic E-state index is 0.104. The number of amides is 1. The highest BCUT2D eigenvalue weighted by Crippen LogP contribution is 2.24. The predicted octanol–water partition coefficient (Wildman–Crippen LogP) is 3.40. The lowest BCUT2D eigenvalue weighted by Crippen LogP contribution is -2.28. The SMILES string of the molecule is CC(C)c1ccsc1C(=O)NCC(O)c1ccsc1. The molecule has 5 heteroatoms. The van der Waals surface area contributed by atoms with Crippen LogP contribution < -0.4 is 5.32 Å². The normalized spacial score (nSPS) is 12.6. The van der Waals surface area contributed by atoms with Crippen molar-refractivity contribution in [2.45, 2.75) is 25.9 Å². The smallest absolute Gasteiger partial charge is 0.261 e. The summed E-state index contributed by atoms with van der Waals surface area (Å²) in [7, 11) is 0. The molecule has 1 unspecified atom stereocenters. The maximum Gasteiger partial charge on any atom is 0.261 e. The molecule has 0 bridgehead atoms. The van der Waals surface area contributed by atoms with Gasteiger partial charge >= 0.3 is 0 Å². The van der Waals surface area contributed by atoms with E-state index in [-0.39, 0.29) is 12.5 Å². The van der Waals surface area contributed by atoms with Crippen LogP contribution in [0.3, 0.4) is 0 Å². The zero-order chi connectivity index (χ0) is 13.8. The summed E-state index contributed by atoms with van der Waals surface area (Å²) in [6, 6.07) is 3.85. The van der Waals surface area contributed by atoms with E-state index in [4.69, 9.17) is 0 Å². The van der Waals surface area contributed by atoms with Gasteiger partial charge in [-0.05, 0) is 45.3 Å². The summed E-state index contributed by atoms with van der Waals surface area (Å²) in [6.45, 7) is 4.38. The lowest BCUT2D eigenvalue weighted by Gasteiger charge is -2.11. The number of nitrogens with one attached hydrogen (secondary N) is 1. The lowest BCUT2D eigenvalue weighted by atomic mass is 10.0. The Bertz CT molecular complexity index is 531. The Balaban J connectivity index is 1.96. The van der Waals surface area contributed by atoms with E-state index in [1.165, 1.54) is 22.7 Å². The van der Waals surface area contributed by atoms with Crippen LogP contribution in [0.1, 0.15) is 46.7 Å². The maximum absolute atomic E-state index is 12.1. The van der Waals surface area contributed by atoms with Crippen LogP contribution in [0.25, 0.3) is 0 Å². The highest BCUT2D eigenvalue weighted by molar-refractivity contribution is 7.12. The van der Waals surface area contributed by atoms with E-state index in [1.807, 2.05) is 28.3 Å². The Kier molecular flexibility index (Phi) is 4.74. The van der Waals surface area contributed by atoms with E-state index in [9.17, 15) is 9.90 Å². The predicted molar refractivity (Wildman–Crippen MR) is 80.0 cm³/mol. The molecule has 2 heterocycles. The van der Waals surface area contributed by atoms with Gasteiger partial charge in [0.1, 0.15) is 0 Å². The van der Waals surface area contributed by atoms with Gasteiger partial charge in [-0.25, -0.2) is 0 Å². The number of hydrogen-bond donors (Lipinski definition) is 2. The Morgan fingerprint density at radius 3 is 2.79 bits per heavy atom. The maximum atomic E-state index is 12.1. The standard InChI is InChI=1S/C14H17NO2S2/c1-9(2)11-4-6-19-13(11)14(17)15-7-12(16)10-3-5-18-8-10/h3-6,8-9,12,16H,7H2,1-2H3,(H,15,17). The molecule has 1 amide bonds. The molecule has 19 heavy (non-hydrogen) atoms. The molecule has 0 spiro atoms. The largest absolute Gasteiger partial charge is 0.387 e. The van der Waals surface area contributed by atoms with E-state index in [0.29, 0.717) is 5.92 Å². The van der Waals surface area contributed by atoms with Crippen molar-refractivity contribution in [2.75, 3.05) is 6.54 Å². The molecule has 0 aromatic carbocycles. The fourth-order valence-electron chi connectivity index (χ4n) is 1.81. The Labute approximate surface area is 120 Å². The van der Waals surface area contributed by atoms with Crippen molar-refractivity contribution < 1.29 is 9.90 Å². The van der Waals surface area contributed by atoms with Crippen LogP contribution in [0, 0.1) is 0 Å². The summed E-state index contributed by atoms with van der Waals surface area (Å²) >= 11 is 2.98. The van der Waals surface area contributed by atoms with Crippen molar-refractivity contribution >= 4 is 28.6 Å². The zero-order valence-electron chi connectivity index (χ0n) is 10.9. The first-order valence-electron chi connectivity index (χ1n) is 6.15. The number of aliphatic hydroxyl groups is 1. The minimum Gasteiger partial charge on any atom is -0.387 e. The average Bonchev–Trinajstić information content (AvgIpc) is 3.04. The highest BCUT2D eigenvalue weighted by Gasteiger charge is 2.16. The van der Waals surface area contributed by atoms with Crippen molar-refractivity contribution in [1.29, 1.82) is 0 Å². The van der Waals surface area contributed by atoms with Crippen molar-refractivity contribution in [3.63, 3.8) is 0 Å². The number of hydrogen-bond acceptors (Lipinski definition) is 4. The molecule has 2 aromatic heterocycles. The van der Waals surface area contributed by atoms with Gasteiger partial charge < -0.3 is 10.4 Å². The van der Waals surface area contributed by atoms with E-state index in [0.717, 1.165) is 16.0 Å². The first-order chi connectivity index (χ1) is 9.09. The topological polar surface area (TPSA) is 49.3 Å². The first kappa shape index (κ1) is 14.2. The third kappa shape index (κ3) is 3.43. The summed E-state index contributed by atoms with van der Waals surface area (Å²) in [6.07, 6.45) is -0.641. The van der Waals surface area contributed by atoms with E-state index in [2.05, 4.69) is 19.2 Å². The van der Waals surface area contributed by atoms with Crippen LogP contribution in [-0.4, -0.2) is 17.6 Å². The van der Waals surface area contributed by atoms with Gasteiger partial charge in [0.05, 0.1) is 11.0 Å². The average molecular weight is 295 g/mol. The molecule has 0 aliphatic rings. The molecule has 2 aromatic rings. The van der Waals surface area contributed by atoms with Crippen LogP contribution >= 0.6 is 22.7 Å².